The van der Waals surface area contributed by atoms with Crippen LogP contribution in [0.1, 0.15) is 30.1 Å². The van der Waals surface area contributed by atoms with E-state index in [1.807, 2.05) is 61.1 Å². The lowest BCUT2D eigenvalue weighted by Crippen LogP contribution is -2.35. The van der Waals surface area contributed by atoms with Crippen LogP contribution >= 0.6 is 0 Å². The fourth-order valence-corrected chi connectivity index (χ4v) is 3.91. The highest BCUT2D eigenvalue weighted by Gasteiger charge is 2.27. The summed E-state index contributed by atoms with van der Waals surface area (Å²) >= 11 is 0. The highest BCUT2D eigenvalue weighted by Crippen LogP contribution is 2.30. The highest BCUT2D eigenvalue weighted by molar-refractivity contribution is 5.55. The number of aromatic nitrogens is 5. The second kappa shape index (κ2) is 7.87. The maximum atomic E-state index is 5.58. The number of nitrogens with zero attached hydrogens (tertiary/aromatic N) is 6. The fraction of sp³-hybridized carbons (Fsp3) is 0.273. The first-order chi connectivity index (χ1) is 14.4. The third kappa shape index (κ3) is 3.76. The quantitative estimate of drug-likeness (QED) is 0.520. The number of imidazole rings is 1. The summed E-state index contributed by atoms with van der Waals surface area (Å²) in [5.74, 6) is 2.06. The lowest BCUT2D eigenvalue weighted by molar-refractivity contribution is 0.388. The number of hydrogen-bond acceptors (Lipinski definition) is 6. The van der Waals surface area contributed by atoms with Crippen LogP contribution in [0.3, 0.4) is 0 Å². The Hall–Kier alpha value is -3.48. The molecule has 1 aromatic carbocycles. The summed E-state index contributed by atoms with van der Waals surface area (Å²) in [6, 6.07) is 14.6. The Morgan fingerprint density at radius 3 is 2.76 bits per heavy atom. The van der Waals surface area contributed by atoms with Crippen molar-refractivity contribution in [2.24, 2.45) is 0 Å². The molecule has 0 aliphatic carbocycles. The molecule has 5 rings (SSSR count). The molecule has 1 saturated heterocycles. The van der Waals surface area contributed by atoms with Gasteiger partial charge in [-0.3, -0.25) is 4.98 Å². The van der Waals surface area contributed by atoms with Crippen molar-refractivity contribution in [3.05, 3.63) is 78.6 Å². The molecule has 1 unspecified atom stereocenters. The van der Waals surface area contributed by atoms with Gasteiger partial charge in [0.2, 0.25) is 5.82 Å². The molecule has 1 atom stereocenters. The molecule has 7 nitrogen and oxygen atoms in total. The monoisotopic (exact) mass is 386 g/mol. The van der Waals surface area contributed by atoms with Gasteiger partial charge in [0.1, 0.15) is 5.82 Å². The average Bonchev–Trinajstić information content (AvgIpc) is 3.45. The first-order valence-electron chi connectivity index (χ1n) is 9.91. The van der Waals surface area contributed by atoms with Gasteiger partial charge in [0, 0.05) is 55.9 Å². The summed E-state index contributed by atoms with van der Waals surface area (Å²) in [5.41, 5.74) is 2.18. The predicted octanol–water partition coefficient (Wildman–Crippen LogP) is 3.76. The van der Waals surface area contributed by atoms with E-state index >= 15 is 0 Å². The van der Waals surface area contributed by atoms with E-state index in [1.54, 1.807) is 0 Å². The second-order valence-corrected chi connectivity index (χ2v) is 7.32. The van der Waals surface area contributed by atoms with Crippen LogP contribution in [0, 0.1) is 0 Å². The summed E-state index contributed by atoms with van der Waals surface area (Å²) in [6.07, 6.45) is 9.76. The largest absolute Gasteiger partial charge is 0.330 e. The van der Waals surface area contributed by atoms with Crippen LogP contribution in [0.4, 0.5) is 6.01 Å². The van der Waals surface area contributed by atoms with Gasteiger partial charge in [0.25, 0.3) is 0 Å². The number of anilines is 1. The van der Waals surface area contributed by atoms with Gasteiger partial charge in [-0.05, 0) is 30.5 Å². The number of hydrogen-bond donors (Lipinski definition) is 0. The Labute approximate surface area is 169 Å². The molecule has 146 valence electrons. The molecule has 0 radical (unpaired) electrons. The summed E-state index contributed by atoms with van der Waals surface area (Å²) in [6.45, 7) is 2.54. The zero-order valence-electron chi connectivity index (χ0n) is 16.1. The number of piperidine rings is 1. The standard InChI is InChI=1S/C22H22N6O/c1-2-5-18(6-3-1)20-25-22(29-26-20)28-13-4-7-19(16-28)21-24-12-14-27(21)15-17-8-10-23-11-9-17/h1-3,5-6,8-12,14,19H,4,7,13,15-16H2. The number of benzene rings is 1. The molecule has 1 aliphatic rings. The molecule has 0 bridgehead atoms. The van der Waals surface area contributed by atoms with Crippen LogP contribution in [0.2, 0.25) is 0 Å². The molecule has 0 saturated carbocycles. The van der Waals surface area contributed by atoms with E-state index in [0.717, 1.165) is 43.9 Å². The van der Waals surface area contributed by atoms with Gasteiger partial charge in [0.15, 0.2) is 0 Å². The molecule has 7 heteroatoms. The lowest BCUT2D eigenvalue weighted by Gasteiger charge is -2.31. The van der Waals surface area contributed by atoms with Gasteiger partial charge in [0.05, 0.1) is 0 Å². The van der Waals surface area contributed by atoms with Gasteiger partial charge in [-0.15, -0.1) is 0 Å². The SMILES string of the molecule is c1ccc(-c2noc(N3CCCC(c4nccn4Cc4ccncc4)C3)n2)cc1. The van der Waals surface area contributed by atoms with Crippen LogP contribution in [0.5, 0.6) is 0 Å². The van der Waals surface area contributed by atoms with Gasteiger partial charge >= 0.3 is 6.01 Å². The van der Waals surface area contributed by atoms with Gasteiger partial charge < -0.3 is 14.0 Å². The predicted molar refractivity (Wildman–Crippen MR) is 109 cm³/mol. The van der Waals surface area contributed by atoms with Gasteiger partial charge in [-0.2, -0.15) is 4.98 Å². The van der Waals surface area contributed by atoms with Crippen molar-refractivity contribution in [3.8, 4) is 11.4 Å². The minimum atomic E-state index is 0.327. The van der Waals surface area contributed by atoms with Gasteiger partial charge in [-0.25, -0.2) is 4.98 Å². The fourth-order valence-electron chi connectivity index (χ4n) is 3.91. The van der Waals surface area contributed by atoms with Crippen molar-refractivity contribution < 1.29 is 4.52 Å². The van der Waals surface area contributed by atoms with Crippen molar-refractivity contribution in [2.75, 3.05) is 18.0 Å². The van der Waals surface area contributed by atoms with E-state index in [9.17, 15) is 0 Å². The van der Waals surface area contributed by atoms with E-state index in [4.69, 9.17) is 4.52 Å². The van der Waals surface area contributed by atoms with E-state index in [1.165, 1.54) is 5.56 Å². The molecule has 0 spiro atoms. The molecule has 0 N–H and O–H groups in total. The van der Waals surface area contributed by atoms with E-state index in [0.29, 0.717) is 17.8 Å². The smallest absolute Gasteiger partial charge is 0.324 e. The zero-order chi connectivity index (χ0) is 19.5. The van der Waals surface area contributed by atoms with Crippen molar-refractivity contribution in [1.82, 2.24) is 24.7 Å². The van der Waals surface area contributed by atoms with Crippen LogP contribution < -0.4 is 4.90 Å². The number of rotatable bonds is 5. The molecule has 1 aliphatic heterocycles. The Kier molecular flexibility index (Phi) is 4.78. The van der Waals surface area contributed by atoms with Gasteiger partial charge in [-0.1, -0.05) is 35.5 Å². The normalized spacial score (nSPS) is 16.8. The van der Waals surface area contributed by atoms with Crippen molar-refractivity contribution in [3.63, 3.8) is 0 Å². The molecule has 0 amide bonds. The topological polar surface area (TPSA) is 72.9 Å². The average molecular weight is 386 g/mol. The molecular formula is C22H22N6O. The Bertz CT molecular complexity index is 1060. The Morgan fingerprint density at radius 1 is 1.03 bits per heavy atom. The minimum Gasteiger partial charge on any atom is -0.330 e. The van der Waals surface area contributed by atoms with E-state index < -0.39 is 0 Å². The van der Waals surface area contributed by atoms with Crippen LogP contribution in [-0.2, 0) is 6.54 Å². The molecule has 29 heavy (non-hydrogen) atoms. The zero-order valence-corrected chi connectivity index (χ0v) is 16.1. The van der Waals surface area contributed by atoms with Crippen molar-refractivity contribution in [2.45, 2.75) is 25.3 Å². The summed E-state index contributed by atoms with van der Waals surface area (Å²) < 4.78 is 7.81. The van der Waals surface area contributed by atoms with Crippen LogP contribution in [0.25, 0.3) is 11.4 Å². The summed E-state index contributed by atoms with van der Waals surface area (Å²) in [5, 5.41) is 4.17. The second-order valence-electron chi connectivity index (χ2n) is 7.32. The molecule has 3 aromatic heterocycles. The lowest BCUT2D eigenvalue weighted by atomic mass is 9.97. The van der Waals surface area contributed by atoms with E-state index in [2.05, 4.69) is 35.8 Å². The molecular weight excluding hydrogens is 364 g/mol. The highest BCUT2D eigenvalue weighted by atomic mass is 16.5. The van der Waals surface area contributed by atoms with Crippen LogP contribution in [0.15, 0.2) is 71.8 Å². The van der Waals surface area contributed by atoms with Crippen molar-refractivity contribution >= 4 is 6.01 Å². The minimum absolute atomic E-state index is 0.327. The Balaban J connectivity index is 1.33. The summed E-state index contributed by atoms with van der Waals surface area (Å²) in [7, 11) is 0. The molecule has 4 aromatic rings. The third-order valence-corrected chi connectivity index (χ3v) is 5.35. The first-order valence-corrected chi connectivity index (χ1v) is 9.91. The Morgan fingerprint density at radius 2 is 1.90 bits per heavy atom. The van der Waals surface area contributed by atoms with Crippen molar-refractivity contribution in [1.29, 1.82) is 0 Å². The van der Waals surface area contributed by atoms with E-state index in [-0.39, 0.29) is 0 Å². The maximum absolute atomic E-state index is 5.58. The van der Waals surface area contributed by atoms with Crippen LogP contribution in [-0.4, -0.2) is 37.8 Å². The molecule has 4 heterocycles. The third-order valence-electron chi connectivity index (χ3n) is 5.35. The maximum Gasteiger partial charge on any atom is 0.324 e. The number of pyridine rings is 1. The first kappa shape index (κ1) is 17.6. The summed E-state index contributed by atoms with van der Waals surface area (Å²) in [4.78, 5) is 15.6. The molecule has 1 fully saturated rings.